The van der Waals surface area contributed by atoms with E-state index in [-0.39, 0.29) is 5.91 Å². The SMILES string of the molecule is CN(Cc1cccs1)C(=O)CN1CC2CCCC(N)C2C1. The first-order valence-electron chi connectivity index (χ1n) is 7.88. The Hall–Kier alpha value is -0.910. The summed E-state index contributed by atoms with van der Waals surface area (Å²) in [7, 11) is 1.90. The van der Waals surface area contributed by atoms with Gasteiger partial charge in [0, 0.05) is 31.1 Å². The number of nitrogens with two attached hydrogens (primary N) is 1. The van der Waals surface area contributed by atoms with Crippen molar-refractivity contribution in [2.75, 3.05) is 26.7 Å². The molecule has 1 aliphatic heterocycles. The van der Waals surface area contributed by atoms with Gasteiger partial charge in [-0.1, -0.05) is 12.5 Å². The molecule has 1 aromatic heterocycles. The molecule has 1 amide bonds. The number of amides is 1. The van der Waals surface area contributed by atoms with Crippen LogP contribution in [-0.2, 0) is 11.3 Å². The van der Waals surface area contributed by atoms with Crippen molar-refractivity contribution in [3.63, 3.8) is 0 Å². The van der Waals surface area contributed by atoms with E-state index in [2.05, 4.69) is 16.3 Å². The molecular weight excluding hydrogens is 282 g/mol. The van der Waals surface area contributed by atoms with Crippen molar-refractivity contribution in [3.05, 3.63) is 22.4 Å². The molecule has 21 heavy (non-hydrogen) atoms. The van der Waals surface area contributed by atoms with E-state index >= 15 is 0 Å². The lowest BCUT2D eigenvalue weighted by atomic mass is 9.78. The number of fused-ring (bicyclic) bond motifs is 1. The molecule has 2 heterocycles. The molecule has 1 aromatic rings. The second-order valence-corrected chi connectivity index (χ2v) is 7.57. The van der Waals surface area contributed by atoms with Crippen molar-refractivity contribution in [2.45, 2.75) is 31.8 Å². The molecule has 2 fully saturated rings. The van der Waals surface area contributed by atoms with E-state index in [1.807, 2.05) is 18.0 Å². The van der Waals surface area contributed by atoms with Gasteiger partial charge in [0.1, 0.15) is 0 Å². The van der Waals surface area contributed by atoms with Crippen LogP contribution in [0, 0.1) is 11.8 Å². The smallest absolute Gasteiger partial charge is 0.236 e. The van der Waals surface area contributed by atoms with E-state index in [9.17, 15) is 4.79 Å². The molecule has 3 atom stereocenters. The summed E-state index contributed by atoms with van der Waals surface area (Å²) in [4.78, 5) is 17.8. The van der Waals surface area contributed by atoms with Crippen molar-refractivity contribution in [3.8, 4) is 0 Å². The number of nitrogens with zero attached hydrogens (tertiary/aromatic N) is 2. The monoisotopic (exact) mass is 307 g/mol. The van der Waals surface area contributed by atoms with Gasteiger partial charge in [-0.25, -0.2) is 0 Å². The Balaban J connectivity index is 1.51. The molecule has 1 aliphatic carbocycles. The van der Waals surface area contributed by atoms with Crippen LogP contribution in [0.25, 0.3) is 0 Å². The maximum atomic E-state index is 12.4. The summed E-state index contributed by atoms with van der Waals surface area (Å²) in [6.45, 7) is 3.32. The molecule has 2 N–H and O–H groups in total. The van der Waals surface area contributed by atoms with Gasteiger partial charge in [-0.2, -0.15) is 0 Å². The Morgan fingerprint density at radius 1 is 1.48 bits per heavy atom. The van der Waals surface area contributed by atoms with E-state index in [1.54, 1.807) is 11.3 Å². The third-order valence-corrected chi connectivity index (χ3v) is 5.85. The van der Waals surface area contributed by atoms with Crippen molar-refractivity contribution >= 4 is 17.2 Å². The summed E-state index contributed by atoms with van der Waals surface area (Å²) >= 11 is 1.70. The highest BCUT2D eigenvalue weighted by atomic mass is 32.1. The maximum Gasteiger partial charge on any atom is 0.236 e. The van der Waals surface area contributed by atoms with Crippen LogP contribution < -0.4 is 5.73 Å². The average molecular weight is 307 g/mol. The van der Waals surface area contributed by atoms with Crippen LogP contribution in [0.5, 0.6) is 0 Å². The van der Waals surface area contributed by atoms with Crippen LogP contribution in [0.3, 0.4) is 0 Å². The number of carbonyl (C=O) groups excluding carboxylic acids is 1. The van der Waals surface area contributed by atoms with Crippen LogP contribution in [-0.4, -0.2) is 48.4 Å². The first kappa shape index (κ1) is 15.0. The zero-order valence-corrected chi connectivity index (χ0v) is 13.5. The third kappa shape index (κ3) is 3.47. The van der Waals surface area contributed by atoms with Crippen molar-refractivity contribution in [1.82, 2.24) is 9.80 Å². The fraction of sp³-hybridized carbons (Fsp3) is 0.688. The van der Waals surface area contributed by atoms with Crippen LogP contribution in [0.1, 0.15) is 24.1 Å². The van der Waals surface area contributed by atoms with Crippen LogP contribution in [0.15, 0.2) is 17.5 Å². The van der Waals surface area contributed by atoms with Gasteiger partial charge < -0.3 is 10.6 Å². The fourth-order valence-electron chi connectivity index (χ4n) is 3.77. The summed E-state index contributed by atoms with van der Waals surface area (Å²) in [6, 6.07) is 4.45. The van der Waals surface area contributed by atoms with Gasteiger partial charge in [0.25, 0.3) is 0 Å². The van der Waals surface area contributed by atoms with Gasteiger partial charge in [0.2, 0.25) is 5.91 Å². The maximum absolute atomic E-state index is 12.4. The minimum absolute atomic E-state index is 0.218. The van der Waals surface area contributed by atoms with Crippen molar-refractivity contribution in [1.29, 1.82) is 0 Å². The fourth-order valence-corrected chi connectivity index (χ4v) is 4.53. The number of thiophene rings is 1. The summed E-state index contributed by atoms with van der Waals surface area (Å²) in [5, 5.41) is 2.06. The van der Waals surface area contributed by atoms with Gasteiger partial charge in [-0.15, -0.1) is 11.3 Å². The molecular formula is C16H25N3OS. The summed E-state index contributed by atoms with van der Waals surface area (Å²) in [5.74, 6) is 1.54. The van der Waals surface area contributed by atoms with E-state index in [1.165, 1.54) is 17.7 Å². The number of carbonyl (C=O) groups is 1. The van der Waals surface area contributed by atoms with Gasteiger partial charge in [0.05, 0.1) is 13.1 Å². The van der Waals surface area contributed by atoms with Crippen LogP contribution in [0.2, 0.25) is 0 Å². The predicted molar refractivity (Wildman–Crippen MR) is 86.0 cm³/mol. The number of hydrogen-bond acceptors (Lipinski definition) is 4. The molecule has 4 nitrogen and oxygen atoms in total. The molecule has 5 heteroatoms. The topological polar surface area (TPSA) is 49.6 Å². The molecule has 0 aromatic carbocycles. The summed E-state index contributed by atoms with van der Waals surface area (Å²) in [6.07, 6.45) is 3.69. The van der Waals surface area contributed by atoms with Gasteiger partial charge in [-0.05, 0) is 36.1 Å². The second kappa shape index (κ2) is 6.46. The Bertz CT molecular complexity index is 476. The lowest BCUT2D eigenvalue weighted by Crippen LogP contribution is -2.39. The van der Waals surface area contributed by atoms with E-state index in [0.717, 1.165) is 26.1 Å². The van der Waals surface area contributed by atoms with E-state index in [4.69, 9.17) is 5.73 Å². The molecule has 1 saturated heterocycles. The number of rotatable bonds is 4. The largest absolute Gasteiger partial charge is 0.340 e. The molecule has 1 saturated carbocycles. The lowest BCUT2D eigenvalue weighted by Gasteiger charge is -2.29. The number of likely N-dealkylation sites (N-methyl/N-ethyl adjacent to an activating group) is 1. The standard InChI is InChI=1S/C16H25N3OS/c1-18(9-13-5-3-7-21-13)16(20)11-19-8-12-4-2-6-15(17)14(12)10-19/h3,5,7,12,14-15H,2,4,6,8-11,17H2,1H3. The van der Waals surface area contributed by atoms with Gasteiger partial charge in [-0.3, -0.25) is 9.69 Å². The zero-order chi connectivity index (χ0) is 14.8. The number of hydrogen-bond donors (Lipinski definition) is 1. The highest BCUT2D eigenvalue weighted by molar-refractivity contribution is 7.09. The summed E-state index contributed by atoms with van der Waals surface area (Å²) < 4.78 is 0. The summed E-state index contributed by atoms with van der Waals surface area (Å²) in [5.41, 5.74) is 6.24. The minimum Gasteiger partial charge on any atom is -0.340 e. The molecule has 0 bridgehead atoms. The highest BCUT2D eigenvalue weighted by Gasteiger charge is 2.39. The van der Waals surface area contributed by atoms with E-state index in [0.29, 0.717) is 24.4 Å². The molecule has 2 aliphatic rings. The Kier molecular flexibility index (Phi) is 4.62. The van der Waals surface area contributed by atoms with Crippen molar-refractivity contribution in [2.24, 2.45) is 17.6 Å². The number of likely N-dealkylation sites (tertiary alicyclic amines) is 1. The quantitative estimate of drug-likeness (QED) is 0.922. The lowest BCUT2D eigenvalue weighted by molar-refractivity contribution is -0.131. The molecule has 3 unspecified atom stereocenters. The Morgan fingerprint density at radius 2 is 2.33 bits per heavy atom. The predicted octanol–water partition coefficient (Wildman–Crippen LogP) is 1.77. The minimum atomic E-state index is 0.218. The zero-order valence-electron chi connectivity index (χ0n) is 12.7. The Morgan fingerprint density at radius 3 is 3.05 bits per heavy atom. The van der Waals surface area contributed by atoms with Gasteiger partial charge >= 0.3 is 0 Å². The van der Waals surface area contributed by atoms with Crippen LogP contribution >= 0.6 is 11.3 Å². The molecule has 0 spiro atoms. The molecule has 116 valence electrons. The van der Waals surface area contributed by atoms with E-state index < -0.39 is 0 Å². The molecule has 0 radical (unpaired) electrons. The van der Waals surface area contributed by atoms with Crippen LogP contribution in [0.4, 0.5) is 0 Å². The normalized spacial score (nSPS) is 29.3. The second-order valence-electron chi connectivity index (χ2n) is 6.54. The average Bonchev–Trinajstić information content (AvgIpc) is 3.08. The van der Waals surface area contributed by atoms with Gasteiger partial charge in [0.15, 0.2) is 0 Å². The Labute approximate surface area is 130 Å². The first-order valence-corrected chi connectivity index (χ1v) is 8.75. The third-order valence-electron chi connectivity index (χ3n) is 4.99. The highest BCUT2D eigenvalue weighted by Crippen LogP contribution is 2.35. The molecule has 3 rings (SSSR count). The van der Waals surface area contributed by atoms with Crippen molar-refractivity contribution < 1.29 is 4.79 Å². The first-order chi connectivity index (χ1) is 10.1.